The number of nitrogens with zero attached hydrogens (tertiary/aromatic N) is 1. The standard InChI is InChI=1S/C24H28N2O4S/c1-18(30-22-15-13-21(14-16-22)26(2)31(3,28)29)24(27)25-17-7-11-20-10-6-9-19-8-4-5-12-23(19)20/h4-6,8-10,12-16,18H,7,11,17H2,1-3H3,(H,25,27)/t18-/m0/s1. The average Bonchev–Trinajstić information content (AvgIpc) is 2.76. The smallest absolute Gasteiger partial charge is 0.260 e. The molecule has 0 fully saturated rings. The van der Waals surface area contributed by atoms with Crippen LogP contribution < -0.4 is 14.4 Å². The number of fused-ring (bicyclic) bond motifs is 1. The molecule has 164 valence electrons. The molecule has 31 heavy (non-hydrogen) atoms. The van der Waals surface area contributed by atoms with E-state index in [1.165, 1.54) is 27.7 Å². The van der Waals surface area contributed by atoms with Gasteiger partial charge < -0.3 is 10.1 Å². The Morgan fingerprint density at radius 3 is 2.42 bits per heavy atom. The van der Waals surface area contributed by atoms with Gasteiger partial charge in [0.2, 0.25) is 10.0 Å². The van der Waals surface area contributed by atoms with E-state index in [1.54, 1.807) is 31.2 Å². The molecule has 0 aliphatic rings. The maximum atomic E-state index is 12.4. The molecule has 0 aromatic heterocycles. The topological polar surface area (TPSA) is 75.7 Å². The highest BCUT2D eigenvalue weighted by molar-refractivity contribution is 7.92. The van der Waals surface area contributed by atoms with Crippen LogP contribution >= 0.6 is 0 Å². The van der Waals surface area contributed by atoms with Gasteiger partial charge in [-0.1, -0.05) is 42.5 Å². The number of aryl methyl sites for hydroxylation is 1. The number of hydrogen-bond donors (Lipinski definition) is 1. The molecular formula is C24H28N2O4S. The second kappa shape index (κ2) is 9.83. The van der Waals surface area contributed by atoms with E-state index in [0.29, 0.717) is 18.0 Å². The first-order valence-electron chi connectivity index (χ1n) is 10.2. The number of hydrogen-bond acceptors (Lipinski definition) is 4. The van der Waals surface area contributed by atoms with Crippen LogP contribution in [0.1, 0.15) is 18.9 Å². The van der Waals surface area contributed by atoms with Crippen LogP contribution in [0.4, 0.5) is 5.69 Å². The molecule has 1 atom stereocenters. The Morgan fingerprint density at radius 2 is 1.71 bits per heavy atom. The van der Waals surface area contributed by atoms with Gasteiger partial charge in [-0.3, -0.25) is 9.10 Å². The van der Waals surface area contributed by atoms with Crippen LogP contribution in [0.15, 0.2) is 66.7 Å². The number of nitrogens with one attached hydrogen (secondary N) is 1. The lowest BCUT2D eigenvalue weighted by atomic mass is 10.0. The van der Waals surface area contributed by atoms with Crippen molar-refractivity contribution in [2.45, 2.75) is 25.9 Å². The zero-order valence-corrected chi connectivity index (χ0v) is 18.9. The number of rotatable bonds is 9. The molecule has 3 aromatic carbocycles. The molecule has 0 aliphatic heterocycles. The quantitative estimate of drug-likeness (QED) is 0.514. The molecule has 0 radical (unpaired) electrons. The Balaban J connectivity index is 1.47. The predicted octanol–water partition coefficient (Wildman–Crippen LogP) is 3.75. The van der Waals surface area contributed by atoms with Crippen molar-refractivity contribution in [1.29, 1.82) is 0 Å². The molecule has 0 saturated heterocycles. The van der Waals surface area contributed by atoms with Gasteiger partial charge in [0.1, 0.15) is 5.75 Å². The summed E-state index contributed by atoms with van der Waals surface area (Å²) in [4.78, 5) is 12.4. The van der Waals surface area contributed by atoms with Crippen LogP contribution in [0.2, 0.25) is 0 Å². The Bertz CT molecular complexity index is 1140. The summed E-state index contributed by atoms with van der Waals surface area (Å²) in [5.74, 6) is 0.319. The molecule has 0 heterocycles. The first kappa shape index (κ1) is 22.6. The Labute approximate surface area is 183 Å². The largest absolute Gasteiger partial charge is 0.481 e. The van der Waals surface area contributed by atoms with Crippen LogP contribution in [-0.2, 0) is 21.2 Å². The lowest BCUT2D eigenvalue weighted by Crippen LogP contribution is -2.36. The van der Waals surface area contributed by atoms with E-state index in [9.17, 15) is 13.2 Å². The molecule has 1 N–H and O–H groups in total. The maximum Gasteiger partial charge on any atom is 0.260 e. The Morgan fingerprint density at radius 1 is 1.03 bits per heavy atom. The van der Waals surface area contributed by atoms with Gasteiger partial charge in [-0.05, 0) is 60.4 Å². The number of carbonyl (C=O) groups excluding carboxylic acids is 1. The highest BCUT2D eigenvalue weighted by Gasteiger charge is 2.15. The normalized spacial score (nSPS) is 12.4. The third-order valence-electron chi connectivity index (χ3n) is 5.18. The maximum absolute atomic E-state index is 12.4. The number of benzene rings is 3. The molecule has 0 saturated carbocycles. The van der Waals surface area contributed by atoms with Crippen LogP contribution in [0.25, 0.3) is 10.8 Å². The Kier molecular flexibility index (Phi) is 7.17. The van der Waals surface area contributed by atoms with Crippen LogP contribution in [0.5, 0.6) is 5.75 Å². The third-order valence-corrected chi connectivity index (χ3v) is 6.39. The number of ether oxygens (including phenoxy) is 1. The van der Waals surface area contributed by atoms with Gasteiger partial charge >= 0.3 is 0 Å². The van der Waals surface area contributed by atoms with Crippen LogP contribution in [0, 0.1) is 0 Å². The first-order valence-corrected chi connectivity index (χ1v) is 12.1. The lowest BCUT2D eigenvalue weighted by molar-refractivity contribution is -0.127. The molecule has 3 rings (SSSR count). The summed E-state index contributed by atoms with van der Waals surface area (Å²) in [6.07, 6.45) is 2.20. The fourth-order valence-corrected chi connectivity index (χ4v) is 3.83. The molecule has 3 aromatic rings. The number of sulfonamides is 1. The van der Waals surface area contributed by atoms with E-state index in [1.807, 2.05) is 12.1 Å². The van der Waals surface area contributed by atoms with Crippen molar-refractivity contribution in [2.24, 2.45) is 0 Å². The van der Waals surface area contributed by atoms with Crippen molar-refractivity contribution in [2.75, 3.05) is 24.2 Å². The van der Waals surface area contributed by atoms with Gasteiger partial charge in [-0.25, -0.2) is 8.42 Å². The summed E-state index contributed by atoms with van der Waals surface area (Å²) < 4.78 is 30.1. The minimum atomic E-state index is -3.32. The molecule has 0 unspecified atom stereocenters. The van der Waals surface area contributed by atoms with Crippen molar-refractivity contribution in [3.63, 3.8) is 0 Å². The van der Waals surface area contributed by atoms with E-state index in [0.717, 1.165) is 19.1 Å². The van der Waals surface area contributed by atoms with Gasteiger partial charge in [0.25, 0.3) is 5.91 Å². The number of amides is 1. The van der Waals surface area contributed by atoms with Crippen molar-refractivity contribution in [3.8, 4) is 5.75 Å². The minimum absolute atomic E-state index is 0.185. The summed E-state index contributed by atoms with van der Waals surface area (Å²) in [5, 5.41) is 5.39. The number of anilines is 1. The SMILES string of the molecule is C[C@H](Oc1ccc(N(C)S(C)(=O)=O)cc1)C(=O)NCCCc1cccc2ccccc12. The van der Waals surface area contributed by atoms with Crippen molar-refractivity contribution in [3.05, 3.63) is 72.3 Å². The zero-order chi connectivity index (χ0) is 22.4. The molecular weight excluding hydrogens is 412 g/mol. The van der Waals surface area contributed by atoms with E-state index < -0.39 is 16.1 Å². The molecule has 0 spiro atoms. The summed E-state index contributed by atoms with van der Waals surface area (Å²) in [5.41, 5.74) is 1.80. The molecule has 0 aliphatic carbocycles. The first-order chi connectivity index (χ1) is 14.8. The van der Waals surface area contributed by atoms with E-state index in [2.05, 4.69) is 35.6 Å². The van der Waals surface area contributed by atoms with E-state index in [-0.39, 0.29) is 5.91 Å². The summed E-state index contributed by atoms with van der Waals surface area (Å²) in [6.45, 7) is 2.25. The van der Waals surface area contributed by atoms with E-state index >= 15 is 0 Å². The molecule has 0 bridgehead atoms. The summed E-state index contributed by atoms with van der Waals surface area (Å²) >= 11 is 0. The van der Waals surface area contributed by atoms with Gasteiger partial charge in [0.15, 0.2) is 6.10 Å². The van der Waals surface area contributed by atoms with Gasteiger partial charge in [0, 0.05) is 13.6 Å². The van der Waals surface area contributed by atoms with E-state index in [4.69, 9.17) is 4.74 Å². The average molecular weight is 441 g/mol. The second-order valence-electron chi connectivity index (χ2n) is 7.52. The van der Waals surface area contributed by atoms with Crippen molar-refractivity contribution < 1.29 is 17.9 Å². The fourth-order valence-electron chi connectivity index (χ4n) is 3.33. The fraction of sp³-hybridized carbons (Fsp3) is 0.292. The second-order valence-corrected chi connectivity index (χ2v) is 9.53. The summed E-state index contributed by atoms with van der Waals surface area (Å²) in [7, 11) is -1.84. The lowest BCUT2D eigenvalue weighted by Gasteiger charge is -2.18. The predicted molar refractivity (Wildman–Crippen MR) is 125 cm³/mol. The minimum Gasteiger partial charge on any atom is -0.481 e. The monoisotopic (exact) mass is 440 g/mol. The highest BCUT2D eigenvalue weighted by atomic mass is 32.2. The van der Waals surface area contributed by atoms with Crippen LogP contribution in [-0.4, -0.2) is 40.3 Å². The molecule has 7 heteroatoms. The van der Waals surface area contributed by atoms with Crippen LogP contribution in [0.3, 0.4) is 0 Å². The van der Waals surface area contributed by atoms with Crippen molar-refractivity contribution in [1.82, 2.24) is 5.32 Å². The van der Waals surface area contributed by atoms with Gasteiger partial charge in [-0.15, -0.1) is 0 Å². The molecule has 6 nitrogen and oxygen atoms in total. The highest BCUT2D eigenvalue weighted by Crippen LogP contribution is 2.21. The zero-order valence-electron chi connectivity index (χ0n) is 18.0. The number of carbonyl (C=O) groups is 1. The third kappa shape index (κ3) is 5.98. The van der Waals surface area contributed by atoms with Gasteiger partial charge in [-0.2, -0.15) is 0 Å². The van der Waals surface area contributed by atoms with Crippen molar-refractivity contribution >= 4 is 32.4 Å². The van der Waals surface area contributed by atoms with Gasteiger partial charge in [0.05, 0.1) is 11.9 Å². The molecule has 1 amide bonds. The summed E-state index contributed by atoms with van der Waals surface area (Å²) in [6, 6.07) is 21.2. The Hall–Kier alpha value is -3.06.